The molecule has 154 valence electrons. The Labute approximate surface area is 162 Å². The van der Waals surface area contributed by atoms with E-state index in [-0.39, 0.29) is 31.0 Å². The molecule has 0 N–H and O–H groups in total. The van der Waals surface area contributed by atoms with E-state index >= 15 is 0 Å². The third-order valence-corrected chi connectivity index (χ3v) is 7.36. The third kappa shape index (κ3) is 4.01. The maximum atomic E-state index is 13.5. The number of hydrogen-bond acceptors (Lipinski definition) is 6. The molecule has 1 aliphatic carbocycles. The number of nitrogens with zero attached hydrogens (tertiary/aromatic N) is 2. The highest BCUT2D eigenvalue weighted by Crippen LogP contribution is 2.41. The zero-order valence-electron chi connectivity index (χ0n) is 15.4. The Balaban J connectivity index is 1.85. The average Bonchev–Trinajstić information content (AvgIpc) is 3.26. The number of ether oxygens (including phenoxy) is 1. The molecule has 2 heterocycles. The number of hydrogen-bond donors (Lipinski definition) is 0. The minimum atomic E-state index is -3.87. The summed E-state index contributed by atoms with van der Waals surface area (Å²) in [7, 11) is -3.87. The first-order valence-electron chi connectivity index (χ1n) is 9.14. The fourth-order valence-corrected chi connectivity index (χ4v) is 5.61. The molecule has 10 heteroatoms. The van der Waals surface area contributed by atoms with Crippen molar-refractivity contribution in [2.75, 3.05) is 19.7 Å². The number of esters is 1. The highest BCUT2D eigenvalue weighted by atomic mass is 32.2. The molecule has 7 nitrogen and oxygen atoms in total. The summed E-state index contributed by atoms with van der Waals surface area (Å²) in [5, 5.41) is -1.14. The van der Waals surface area contributed by atoms with Crippen LogP contribution in [-0.2, 0) is 24.2 Å². The van der Waals surface area contributed by atoms with Crippen LogP contribution < -0.4 is 0 Å². The highest BCUT2D eigenvalue weighted by Gasteiger charge is 2.51. The molecule has 28 heavy (non-hydrogen) atoms. The lowest BCUT2D eigenvalue weighted by atomic mass is 9.95. The number of likely N-dealkylation sites (tertiary alicyclic amines) is 1. The Morgan fingerprint density at radius 2 is 2.00 bits per heavy atom. The topological polar surface area (TPSA) is 93.6 Å². The Morgan fingerprint density at radius 1 is 1.29 bits per heavy atom. The normalized spacial score (nSPS) is 27.0. The molecule has 1 aliphatic heterocycles. The van der Waals surface area contributed by atoms with Gasteiger partial charge in [0.1, 0.15) is 0 Å². The zero-order valence-corrected chi connectivity index (χ0v) is 16.2. The van der Waals surface area contributed by atoms with Gasteiger partial charge in [0, 0.05) is 19.2 Å². The monoisotopic (exact) mass is 416 g/mol. The summed E-state index contributed by atoms with van der Waals surface area (Å²) in [4.78, 5) is 30.1. The van der Waals surface area contributed by atoms with Gasteiger partial charge in [-0.25, -0.2) is 22.2 Å². The molecule has 1 saturated heterocycles. The number of halogens is 2. The van der Waals surface area contributed by atoms with Gasteiger partial charge in [0.05, 0.1) is 30.2 Å². The minimum absolute atomic E-state index is 0.0791. The van der Waals surface area contributed by atoms with Crippen LogP contribution >= 0.6 is 0 Å². The largest absolute Gasteiger partial charge is 0.466 e. The molecule has 1 aromatic heterocycles. The van der Waals surface area contributed by atoms with Gasteiger partial charge in [-0.05, 0) is 31.9 Å². The molecule has 3 rings (SSSR count). The first-order chi connectivity index (χ1) is 13.2. The second-order valence-electron chi connectivity index (χ2n) is 7.14. The number of carbonyl (C=O) groups excluding carboxylic acids is 2. The van der Waals surface area contributed by atoms with Crippen LogP contribution in [0.2, 0.25) is 0 Å². The van der Waals surface area contributed by atoms with Crippen molar-refractivity contribution in [3.05, 3.63) is 24.4 Å². The highest BCUT2D eigenvalue weighted by molar-refractivity contribution is 7.92. The molecule has 3 atom stereocenters. The van der Waals surface area contributed by atoms with Crippen molar-refractivity contribution in [2.24, 2.45) is 11.8 Å². The maximum Gasteiger partial charge on any atom is 0.309 e. The van der Waals surface area contributed by atoms with Gasteiger partial charge >= 0.3 is 5.97 Å². The summed E-state index contributed by atoms with van der Waals surface area (Å²) < 4.78 is 57.8. The SMILES string of the molecule is CCOC(=O)C1CC(S(=O)(=O)c2ccccn2)CC1C(=O)N1CCC(F)(F)C1. The minimum Gasteiger partial charge on any atom is -0.466 e. The lowest BCUT2D eigenvalue weighted by molar-refractivity contribution is -0.153. The predicted molar refractivity (Wildman–Crippen MR) is 94.2 cm³/mol. The van der Waals surface area contributed by atoms with Crippen LogP contribution in [0.15, 0.2) is 29.4 Å². The fourth-order valence-electron chi connectivity index (χ4n) is 3.87. The molecule has 0 spiro atoms. The lowest BCUT2D eigenvalue weighted by Gasteiger charge is -2.23. The number of aromatic nitrogens is 1. The average molecular weight is 416 g/mol. The van der Waals surface area contributed by atoms with Gasteiger partial charge in [0.15, 0.2) is 14.9 Å². The number of carbonyl (C=O) groups is 2. The maximum absolute atomic E-state index is 13.5. The van der Waals surface area contributed by atoms with E-state index in [9.17, 15) is 26.8 Å². The Hall–Kier alpha value is -2.10. The summed E-state index contributed by atoms with van der Waals surface area (Å²) in [5.41, 5.74) is 0. The molecular weight excluding hydrogens is 394 g/mol. The van der Waals surface area contributed by atoms with Crippen molar-refractivity contribution in [2.45, 2.75) is 42.4 Å². The zero-order chi connectivity index (χ0) is 20.5. The molecule has 1 saturated carbocycles. The Morgan fingerprint density at radius 3 is 2.57 bits per heavy atom. The first-order valence-corrected chi connectivity index (χ1v) is 10.7. The van der Waals surface area contributed by atoms with Gasteiger partial charge < -0.3 is 9.64 Å². The van der Waals surface area contributed by atoms with E-state index in [0.717, 1.165) is 4.90 Å². The van der Waals surface area contributed by atoms with E-state index in [0.29, 0.717) is 0 Å². The second kappa shape index (κ2) is 7.73. The first kappa shape index (κ1) is 20.6. The van der Waals surface area contributed by atoms with Gasteiger partial charge in [-0.2, -0.15) is 0 Å². The molecule has 1 aromatic rings. The summed E-state index contributed by atoms with van der Waals surface area (Å²) in [6.07, 6.45) is 0.687. The number of pyridine rings is 1. The molecule has 1 amide bonds. The van der Waals surface area contributed by atoms with Crippen LogP contribution in [0.25, 0.3) is 0 Å². The van der Waals surface area contributed by atoms with E-state index in [1.807, 2.05) is 0 Å². The predicted octanol–water partition coefficient (Wildman–Crippen LogP) is 1.68. The lowest BCUT2D eigenvalue weighted by Crippen LogP contribution is -2.39. The van der Waals surface area contributed by atoms with Crippen molar-refractivity contribution in [3.8, 4) is 0 Å². The standard InChI is InChI=1S/C18H22F2N2O5S/c1-2-27-17(24)14-10-12(28(25,26)15-5-3-4-7-21-15)9-13(14)16(23)22-8-6-18(19,20)11-22/h3-5,7,12-14H,2,6,8-11H2,1H3. The van der Waals surface area contributed by atoms with Gasteiger partial charge in [0.2, 0.25) is 5.91 Å². The molecule has 2 aliphatic rings. The van der Waals surface area contributed by atoms with Crippen molar-refractivity contribution in [1.82, 2.24) is 9.88 Å². The second-order valence-corrected chi connectivity index (χ2v) is 9.31. The van der Waals surface area contributed by atoms with Gasteiger partial charge in [-0.1, -0.05) is 6.07 Å². The number of sulfone groups is 1. The molecule has 0 aromatic carbocycles. The number of alkyl halides is 2. The van der Waals surface area contributed by atoms with Crippen molar-refractivity contribution < 1.29 is 31.5 Å². The van der Waals surface area contributed by atoms with Crippen LogP contribution in [0.4, 0.5) is 8.78 Å². The molecule has 2 fully saturated rings. The Kier molecular flexibility index (Phi) is 5.69. The third-order valence-electron chi connectivity index (χ3n) is 5.28. The van der Waals surface area contributed by atoms with Crippen LogP contribution in [0.1, 0.15) is 26.2 Å². The number of amides is 1. The van der Waals surface area contributed by atoms with E-state index in [2.05, 4.69) is 4.98 Å². The summed E-state index contributed by atoms with van der Waals surface area (Å²) in [6.45, 7) is 0.855. The smallest absolute Gasteiger partial charge is 0.309 e. The quantitative estimate of drug-likeness (QED) is 0.678. The van der Waals surface area contributed by atoms with Crippen LogP contribution in [0.3, 0.4) is 0 Å². The van der Waals surface area contributed by atoms with E-state index < -0.39 is 57.7 Å². The fraction of sp³-hybridized carbons (Fsp3) is 0.611. The van der Waals surface area contributed by atoms with Gasteiger partial charge in [-0.3, -0.25) is 9.59 Å². The van der Waals surface area contributed by atoms with Crippen LogP contribution in [-0.4, -0.2) is 61.0 Å². The van der Waals surface area contributed by atoms with Gasteiger partial charge in [-0.15, -0.1) is 0 Å². The molecule has 3 unspecified atom stereocenters. The van der Waals surface area contributed by atoms with Crippen molar-refractivity contribution >= 4 is 21.7 Å². The van der Waals surface area contributed by atoms with Crippen LogP contribution in [0.5, 0.6) is 0 Å². The van der Waals surface area contributed by atoms with E-state index in [1.165, 1.54) is 18.3 Å². The molecule has 0 bridgehead atoms. The molecular formula is C18H22F2N2O5S. The van der Waals surface area contributed by atoms with Gasteiger partial charge in [0.25, 0.3) is 5.92 Å². The Bertz CT molecular complexity index is 847. The summed E-state index contributed by atoms with van der Waals surface area (Å²) >= 11 is 0. The number of rotatable bonds is 5. The molecule has 0 radical (unpaired) electrons. The summed E-state index contributed by atoms with van der Waals surface area (Å²) in [6, 6.07) is 4.46. The van der Waals surface area contributed by atoms with Crippen LogP contribution in [0, 0.1) is 11.8 Å². The summed E-state index contributed by atoms with van der Waals surface area (Å²) in [5.74, 6) is -6.24. The van der Waals surface area contributed by atoms with E-state index in [1.54, 1.807) is 13.0 Å². The van der Waals surface area contributed by atoms with E-state index in [4.69, 9.17) is 4.74 Å². The van der Waals surface area contributed by atoms with Crippen molar-refractivity contribution in [3.63, 3.8) is 0 Å². The van der Waals surface area contributed by atoms with Crippen molar-refractivity contribution in [1.29, 1.82) is 0 Å².